The normalized spacial score (nSPS) is 15.6. The van der Waals surface area contributed by atoms with E-state index in [1.807, 2.05) is 0 Å². The fourth-order valence-corrected chi connectivity index (χ4v) is 3.51. The van der Waals surface area contributed by atoms with Gasteiger partial charge in [-0.15, -0.1) is 0 Å². The van der Waals surface area contributed by atoms with Crippen molar-refractivity contribution in [1.82, 2.24) is 4.90 Å². The number of nitrogens with zero attached hydrogens (tertiary/aromatic N) is 1. The molecule has 1 heterocycles. The van der Waals surface area contributed by atoms with E-state index in [0.29, 0.717) is 23.1 Å². The van der Waals surface area contributed by atoms with E-state index in [-0.39, 0.29) is 10.6 Å². The van der Waals surface area contributed by atoms with Crippen LogP contribution in [-0.4, -0.2) is 35.6 Å². The lowest BCUT2D eigenvalue weighted by atomic mass is 10.2. The smallest absolute Gasteiger partial charge is 0.416 e. The zero-order valence-electron chi connectivity index (χ0n) is 15.5. The van der Waals surface area contributed by atoms with E-state index < -0.39 is 35.3 Å². The molecule has 1 N–H and O–H groups in total. The molecule has 6 nitrogen and oxygen atoms in total. The number of anilines is 1. The van der Waals surface area contributed by atoms with Crippen LogP contribution in [0.15, 0.2) is 53.4 Å². The number of rotatable bonds is 5. The maximum atomic E-state index is 12.8. The van der Waals surface area contributed by atoms with Crippen LogP contribution in [0.1, 0.15) is 11.1 Å². The summed E-state index contributed by atoms with van der Waals surface area (Å²) in [5.74, 6) is -0.961. The van der Waals surface area contributed by atoms with Crippen LogP contribution in [0.25, 0.3) is 6.08 Å². The molecule has 30 heavy (non-hydrogen) atoms. The summed E-state index contributed by atoms with van der Waals surface area (Å²) in [5, 5.41) is 1.62. The van der Waals surface area contributed by atoms with Crippen molar-refractivity contribution < 1.29 is 32.3 Å². The molecule has 1 saturated heterocycles. The van der Waals surface area contributed by atoms with Crippen molar-refractivity contribution in [3.63, 3.8) is 0 Å². The van der Waals surface area contributed by atoms with Crippen molar-refractivity contribution in [3.8, 4) is 5.75 Å². The number of halogens is 3. The Kier molecular flexibility index (Phi) is 6.16. The minimum Gasteiger partial charge on any atom is -0.496 e. The number of hydrogen-bond acceptors (Lipinski definition) is 5. The summed E-state index contributed by atoms with van der Waals surface area (Å²) in [7, 11) is 1.47. The van der Waals surface area contributed by atoms with E-state index in [9.17, 15) is 27.6 Å². The van der Waals surface area contributed by atoms with E-state index in [1.54, 1.807) is 24.3 Å². The van der Waals surface area contributed by atoms with Gasteiger partial charge in [-0.25, -0.2) is 0 Å². The highest BCUT2D eigenvalue weighted by Gasteiger charge is 2.36. The summed E-state index contributed by atoms with van der Waals surface area (Å²) in [4.78, 5) is 37.8. The molecule has 0 atom stereocenters. The molecule has 2 aromatic carbocycles. The zero-order valence-corrected chi connectivity index (χ0v) is 16.3. The maximum Gasteiger partial charge on any atom is 0.416 e. The van der Waals surface area contributed by atoms with Gasteiger partial charge in [-0.3, -0.25) is 19.3 Å². The van der Waals surface area contributed by atoms with Gasteiger partial charge in [-0.2, -0.15) is 13.2 Å². The number of carbonyl (C=O) groups is 3. The summed E-state index contributed by atoms with van der Waals surface area (Å²) >= 11 is 0.664. The van der Waals surface area contributed by atoms with Gasteiger partial charge in [0.05, 0.1) is 17.6 Å². The first-order valence-corrected chi connectivity index (χ1v) is 9.36. The average Bonchev–Trinajstić information content (AvgIpc) is 2.95. The molecule has 156 valence electrons. The van der Waals surface area contributed by atoms with Crippen molar-refractivity contribution in [2.45, 2.75) is 6.18 Å². The Bertz CT molecular complexity index is 1040. The number of methoxy groups -OCH3 is 1. The molecule has 0 unspecified atom stereocenters. The Morgan fingerprint density at radius 1 is 1.17 bits per heavy atom. The van der Waals surface area contributed by atoms with Crippen molar-refractivity contribution in [2.24, 2.45) is 0 Å². The number of para-hydroxylation sites is 1. The molecule has 0 aliphatic carbocycles. The predicted molar refractivity (Wildman–Crippen MR) is 106 cm³/mol. The Labute approximate surface area is 173 Å². The van der Waals surface area contributed by atoms with Crippen molar-refractivity contribution in [2.75, 3.05) is 19.0 Å². The lowest BCUT2D eigenvalue weighted by Crippen LogP contribution is -2.36. The number of amides is 3. The largest absolute Gasteiger partial charge is 0.496 e. The third-order valence-electron chi connectivity index (χ3n) is 4.07. The third-order valence-corrected chi connectivity index (χ3v) is 4.98. The molecule has 10 heteroatoms. The Morgan fingerprint density at radius 3 is 2.60 bits per heavy atom. The van der Waals surface area contributed by atoms with Crippen LogP contribution < -0.4 is 10.1 Å². The van der Waals surface area contributed by atoms with Gasteiger partial charge in [0.1, 0.15) is 12.3 Å². The van der Waals surface area contributed by atoms with Gasteiger partial charge in [0.2, 0.25) is 5.91 Å². The second-order valence-corrected chi connectivity index (χ2v) is 7.13. The topological polar surface area (TPSA) is 75.7 Å². The lowest BCUT2D eigenvalue weighted by Gasteiger charge is -2.13. The van der Waals surface area contributed by atoms with Crippen molar-refractivity contribution in [1.29, 1.82) is 0 Å². The molecule has 1 aliphatic heterocycles. The number of thioether (sulfide) groups is 1. The number of nitrogens with one attached hydrogen (secondary N) is 1. The molecule has 0 radical (unpaired) electrons. The van der Waals surface area contributed by atoms with Crippen molar-refractivity contribution >= 4 is 40.6 Å². The highest BCUT2D eigenvalue weighted by Crippen LogP contribution is 2.34. The first kappa shape index (κ1) is 21.4. The monoisotopic (exact) mass is 436 g/mol. The van der Waals surface area contributed by atoms with E-state index in [2.05, 4.69) is 5.32 Å². The molecule has 3 rings (SSSR count). The number of benzene rings is 2. The van der Waals surface area contributed by atoms with Crippen LogP contribution in [0.3, 0.4) is 0 Å². The molecular weight excluding hydrogens is 421 g/mol. The quantitative estimate of drug-likeness (QED) is 0.704. The first-order chi connectivity index (χ1) is 14.2. The van der Waals surface area contributed by atoms with E-state index in [4.69, 9.17) is 4.74 Å². The first-order valence-electron chi connectivity index (χ1n) is 8.54. The van der Waals surface area contributed by atoms with E-state index >= 15 is 0 Å². The van der Waals surface area contributed by atoms with Gasteiger partial charge >= 0.3 is 6.18 Å². The SMILES string of the molecule is COc1ccccc1/C=C1\SC(=O)N(CC(=O)Nc2cccc(C(F)(F)F)c2)C1=O. The molecule has 1 fully saturated rings. The van der Waals surface area contributed by atoms with Crippen LogP contribution in [-0.2, 0) is 15.8 Å². The van der Waals surface area contributed by atoms with Crippen LogP contribution in [0.4, 0.5) is 23.7 Å². The summed E-state index contributed by atoms with van der Waals surface area (Å²) in [6.07, 6.45) is -3.08. The fourth-order valence-electron chi connectivity index (χ4n) is 2.68. The molecular formula is C20H15F3N2O4S. The zero-order chi connectivity index (χ0) is 21.9. The summed E-state index contributed by atoms with van der Waals surface area (Å²) < 4.78 is 43.6. The second kappa shape index (κ2) is 8.62. The number of alkyl halides is 3. The Balaban J connectivity index is 1.71. The molecule has 0 spiro atoms. The van der Waals surface area contributed by atoms with Gasteiger partial charge in [-0.1, -0.05) is 24.3 Å². The number of hydrogen-bond donors (Lipinski definition) is 1. The van der Waals surface area contributed by atoms with Gasteiger partial charge in [0.25, 0.3) is 11.1 Å². The predicted octanol–water partition coefficient (Wildman–Crippen LogP) is 4.39. The molecule has 0 saturated carbocycles. The lowest BCUT2D eigenvalue weighted by molar-refractivity contribution is -0.137. The summed E-state index contributed by atoms with van der Waals surface area (Å²) in [6.45, 7) is -0.621. The van der Waals surface area contributed by atoms with E-state index in [0.717, 1.165) is 23.1 Å². The molecule has 3 amide bonds. The molecule has 0 bridgehead atoms. The second-order valence-electron chi connectivity index (χ2n) is 6.14. The standard InChI is InChI=1S/C20H15F3N2O4S/c1-29-15-8-3-2-5-12(15)9-16-18(27)25(19(28)30-16)11-17(26)24-14-7-4-6-13(10-14)20(21,22)23/h2-10H,11H2,1H3,(H,24,26)/b16-9-. The van der Waals surface area contributed by atoms with Crippen LogP contribution in [0, 0.1) is 0 Å². The van der Waals surface area contributed by atoms with Crippen molar-refractivity contribution in [3.05, 3.63) is 64.6 Å². The minimum absolute atomic E-state index is 0.0913. The van der Waals surface area contributed by atoms with Gasteiger partial charge < -0.3 is 10.1 Å². The number of carbonyl (C=O) groups excluding carboxylic acids is 3. The van der Waals surface area contributed by atoms with E-state index in [1.165, 1.54) is 19.3 Å². The summed E-state index contributed by atoms with van der Waals surface area (Å²) in [5.41, 5.74) is -0.434. The maximum absolute atomic E-state index is 12.8. The van der Waals surface area contributed by atoms with Gasteiger partial charge in [0, 0.05) is 11.3 Å². The molecule has 0 aromatic heterocycles. The number of ether oxygens (including phenoxy) is 1. The number of imide groups is 1. The third kappa shape index (κ3) is 4.82. The molecule has 2 aromatic rings. The highest BCUT2D eigenvalue weighted by molar-refractivity contribution is 8.18. The minimum atomic E-state index is -4.56. The highest BCUT2D eigenvalue weighted by atomic mass is 32.2. The average molecular weight is 436 g/mol. The van der Waals surface area contributed by atoms with Crippen LogP contribution in [0.2, 0.25) is 0 Å². The van der Waals surface area contributed by atoms with Gasteiger partial charge in [0.15, 0.2) is 0 Å². The Morgan fingerprint density at radius 2 is 1.90 bits per heavy atom. The van der Waals surface area contributed by atoms with Crippen LogP contribution >= 0.6 is 11.8 Å². The summed E-state index contributed by atoms with van der Waals surface area (Å²) in [6, 6.07) is 11.0. The molecule has 1 aliphatic rings. The van der Waals surface area contributed by atoms with Crippen LogP contribution in [0.5, 0.6) is 5.75 Å². The Hall–Kier alpha value is -3.27. The fraction of sp³-hybridized carbons (Fsp3) is 0.150. The van der Waals surface area contributed by atoms with Gasteiger partial charge in [-0.05, 0) is 42.1 Å².